The van der Waals surface area contributed by atoms with Crippen molar-refractivity contribution in [3.63, 3.8) is 0 Å². The van der Waals surface area contributed by atoms with E-state index >= 15 is 4.79 Å². The van der Waals surface area contributed by atoms with Gasteiger partial charge in [0.25, 0.3) is 0 Å². The molecule has 6 aromatic rings. The standard InChI is InChI=1S/C47H48Cl2N4O3S2/c48-35-21-17-33(18-22-35)27-45-50-39(31-57-45)41-15-7-9-25-52(41)43(29-55-37-11-3-1-4-12-37)47(54)44(30-56-38-13-5-2-6-14-38)53-26-10-8-16-42(53)40-32-58-46(51-40)28-34-19-23-36(49)24-20-34/h1-6,11-14,17-24,31-32,41-44H,7-10,15-16,25-30H2/t41-,42-,43?,44?/m1/s1. The van der Waals surface area contributed by atoms with Crippen molar-refractivity contribution < 1.29 is 14.3 Å². The highest BCUT2D eigenvalue weighted by molar-refractivity contribution is 7.10. The lowest BCUT2D eigenvalue weighted by atomic mass is 9.91. The van der Waals surface area contributed by atoms with Crippen molar-refractivity contribution in [3.05, 3.63) is 163 Å². The number of Topliss-reactive ketones (excluding diaryl/α,β-unsaturated/α-hetero) is 1. The predicted molar refractivity (Wildman–Crippen MR) is 236 cm³/mol. The van der Waals surface area contributed by atoms with E-state index in [1.54, 1.807) is 22.7 Å². The van der Waals surface area contributed by atoms with Crippen LogP contribution in [0.3, 0.4) is 0 Å². The number of likely N-dealkylation sites (tertiary alicyclic amines) is 2. The first kappa shape index (κ1) is 40.7. The Balaban J connectivity index is 1.11. The summed E-state index contributed by atoms with van der Waals surface area (Å²) in [5.74, 6) is 1.60. The molecule has 0 spiro atoms. The van der Waals surface area contributed by atoms with E-state index in [9.17, 15) is 0 Å². The molecule has 4 aromatic carbocycles. The van der Waals surface area contributed by atoms with E-state index in [1.807, 2.05) is 84.9 Å². The zero-order valence-corrected chi connectivity index (χ0v) is 35.6. The summed E-state index contributed by atoms with van der Waals surface area (Å²) in [6, 6.07) is 34.5. The molecule has 2 fully saturated rings. The highest BCUT2D eigenvalue weighted by Gasteiger charge is 2.43. The zero-order chi connectivity index (χ0) is 39.7. The van der Waals surface area contributed by atoms with Crippen LogP contribution in [0.5, 0.6) is 11.5 Å². The van der Waals surface area contributed by atoms with Gasteiger partial charge in [-0.15, -0.1) is 22.7 Å². The fourth-order valence-electron chi connectivity index (χ4n) is 8.25. The molecule has 11 heteroatoms. The molecule has 2 unspecified atom stereocenters. The Bertz CT molecular complexity index is 2050. The molecule has 0 aliphatic carbocycles. The first-order valence-corrected chi connectivity index (χ1v) is 22.8. The number of halogens is 2. The number of carbonyl (C=O) groups is 1. The summed E-state index contributed by atoms with van der Waals surface area (Å²) in [7, 11) is 0. The highest BCUT2D eigenvalue weighted by Crippen LogP contribution is 2.38. The third-order valence-electron chi connectivity index (χ3n) is 11.2. The second kappa shape index (κ2) is 19.8. The van der Waals surface area contributed by atoms with Crippen LogP contribution >= 0.6 is 45.9 Å². The molecule has 0 saturated carbocycles. The summed E-state index contributed by atoms with van der Waals surface area (Å²) in [6.45, 7) is 2.00. The number of para-hydroxylation sites is 2. The molecule has 4 atom stereocenters. The van der Waals surface area contributed by atoms with E-state index in [2.05, 4.69) is 44.8 Å². The van der Waals surface area contributed by atoms with Crippen molar-refractivity contribution in [3.8, 4) is 11.5 Å². The monoisotopic (exact) mass is 850 g/mol. The summed E-state index contributed by atoms with van der Waals surface area (Å²) in [4.78, 5) is 30.9. The number of rotatable bonds is 16. The van der Waals surface area contributed by atoms with Crippen LogP contribution in [0, 0.1) is 0 Å². The molecule has 300 valence electrons. The van der Waals surface area contributed by atoms with Crippen molar-refractivity contribution >= 4 is 51.7 Å². The summed E-state index contributed by atoms with van der Waals surface area (Å²) < 4.78 is 13.1. The zero-order valence-electron chi connectivity index (χ0n) is 32.4. The minimum Gasteiger partial charge on any atom is -0.491 e. The van der Waals surface area contributed by atoms with Gasteiger partial charge < -0.3 is 9.47 Å². The Morgan fingerprint density at radius 2 is 1.02 bits per heavy atom. The van der Waals surface area contributed by atoms with Gasteiger partial charge >= 0.3 is 0 Å². The van der Waals surface area contributed by atoms with Crippen LogP contribution in [-0.2, 0) is 17.6 Å². The molecule has 2 aromatic heterocycles. The van der Waals surface area contributed by atoms with Crippen molar-refractivity contribution in [2.45, 2.75) is 75.5 Å². The van der Waals surface area contributed by atoms with E-state index in [0.29, 0.717) is 0 Å². The number of ether oxygens (including phenoxy) is 2. The third kappa shape index (κ3) is 10.4. The fourth-order valence-corrected chi connectivity index (χ4v) is 10.3. The molecule has 58 heavy (non-hydrogen) atoms. The predicted octanol–water partition coefficient (Wildman–Crippen LogP) is 11.3. The van der Waals surface area contributed by atoms with Crippen molar-refractivity contribution in [1.82, 2.24) is 19.8 Å². The van der Waals surface area contributed by atoms with E-state index in [0.717, 1.165) is 107 Å². The van der Waals surface area contributed by atoms with Crippen LogP contribution in [0.4, 0.5) is 0 Å². The Kier molecular flexibility index (Phi) is 13.9. The molecule has 2 aliphatic heterocycles. The SMILES string of the molecule is O=C(C(COc1ccccc1)N1CCCC[C@@H]1c1csc(Cc2ccc(Cl)cc2)n1)C(COc1ccccc1)N1CCCC[C@@H]1c1csc(Cc2ccc(Cl)cc2)n1. The Morgan fingerprint density at radius 1 is 0.603 bits per heavy atom. The quantitative estimate of drug-likeness (QED) is 0.0961. The molecule has 2 saturated heterocycles. The number of aromatic nitrogens is 2. The second-order valence-corrected chi connectivity index (χ2v) is 17.9. The molecule has 7 nitrogen and oxygen atoms in total. The largest absolute Gasteiger partial charge is 0.491 e. The van der Waals surface area contributed by atoms with Gasteiger partial charge in [-0.2, -0.15) is 0 Å². The van der Waals surface area contributed by atoms with Crippen LogP contribution < -0.4 is 9.47 Å². The molecule has 0 bridgehead atoms. The van der Waals surface area contributed by atoms with Crippen molar-refractivity contribution in [2.24, 2.45) is 0 Å². The molecule has 2 aliphatic rings. The first-order valence-electron chi connectivity index (χ1n) is 20.3. The summed E-state index contributed by atoms with van der Waals surface area (Å²) >= 11 is 15.7. The van der Waals surface area contributed by atoms with Gasteiger partial charge in [0.2, 0.25) is 0 Å². The molecule has 0 amide bonds. The average Bonchev–Trinajstić information content (AvgIpc) is 3.94. The van der Waals surface area contributed by atoms with Gasteiger partial charge in [-0.25, -0.2) is 9.97 Å². The van der Waals surface area contributed by atoms with E-state index in [-0.39, 0.29) is 31.1 Å². The maximum absolute atomic E-state index is 15.7. The van der Waals surface area contributed by atoms with Crippen molar-refractivity contribution in [1.29, 1.82) is 0 Å². The van der Waals surface area contributed by atoms with Crippen LogP contribution in [0.25, 0.3) is 0 Å². The van der Waals surface area contributed by atoms with E-state index in [4.69, 9.17) is 42.6 Å². The average molecular weight is 852 g/mol. The Morgan fingerprint density at radius 3 is 1.43 bits per heavy atom. The summed E-state index contributed by atoms with van der Waals surface area (Å²) in [5.41, 5.74) is 4.39. The normalized spacial score (nSPS) is 18.7. The molecule has 8 rings (SSSR count). The van der Waals surface area contributed by atoms with Gasteiger partial charge in [0, 0.05) is 33.6 Å². The first-order chi connectivity index (χ1) is 28.5. The summed E-state index contributed by atoms with van der Waals surface area (Å²) in [5, 5.41) is 7.93. The molecule has 0 radical (unpaired) electrons. The lowest BCUT2D eigenvalue weighted by Gasteiger charge is -2.44. The number of hydrogen-bond acceptors (Lipinski definition) is 9. The van der Waals surface area contributed by atoms with Crippen LogP contribution in [0.1, 0.15) is 83.1 Å². The maximum atomic E-state index is 15.7. The number of hydrogen-bond donors (Lipinski definition) is 0. The maximum Gasteiger partial charge on any atom is 0.174 e. The van der Waals surface area contributed by atoms with Crippen LogP contribution in [0.15, 0.2) is 120 Å². The van der Waals surface area contributed by atoms with Gasteiger partial charge in [0.05, 0.1) is 33.5 Å². The molecule has 0 N–H and O–H groups in total. The van der Waals surface area contributed by atoms with Crippen LogP contribution in [0.2, 0.25) is 10.0 Å². The topological polar surface area (TPSA) is 67.8 Å². The van der Waals surface area contributed by atoms with Gasteiger partial charge in [0.1, 0.15) is 36.8 Å². The van der Waals surface area contributed by atoms with Crippen LogP contribution in [-0.4, -0.2) is 63.9 Å². The number of nitrogens with zero attached hydrogens (tertiary/aromatic N) is 4. The number of thiazole rings is 2. The minimum absolute atomic E-state index is 0.0147. The number of carbonyl (C=O) groups excluding carboxylic acids is 1. The Hall–Kier alpha value is -4.09. The van der Waals surface area contributed by atoms with Crippen molar-refractivity contribution in [2.75, 3.05) is 26.3 Å². The lowest BCUT2D eigenvalue weighted by molar-refractivity contribution is -0.136. The van der Waals surface area contributed by atoms with Gasteiger partial charge in [0.15, 0.2) is 5.78 Å². The second-order valence-electron chi connectivity index (χ2n) is 15.1. The van der Waals surface area contributed by atoms with Gasteiger partial charge in [-0.3, -0.25) is 14.6 Å². The molecular weight excluding hydrogens is 804 g/mol. The lowest BCUT2D eigenvalue weighted by Crippen LogP contribution is -2.58. The Labute approximate surface area is 359 Å². The molecule has 4 heterocycles. The van der Waals surface area contributed by atoms with E-state index < -0.39 is 12.1 Å². The van der Waals surface area contributed by atoms with E-state index in [1.165, 1.54) is 11.1 Å². The third-order valence-corrected chi connectivity index (χ3v) is 13.4. The number of piperidine rings is 2. The smallest absolute Gasteiger partial charge is 0.174 e. The summed E-state index contributed by atoms with van der Waals surface area (Å²) in [6.07, 6.45) is 7.46. The number of benzene rings is 4. The van der Waals surface area contributed by atoms with Gasteiger partial charge in [-0.1, -0.05) is 96.7 Å². The fraction of sp³-hybridized carbons (Fsp3) is 0.340. The highest BCUT2D eigenvalue weighted by atomic mass is 35.5. The minimum atomic E-state index is -0.533. The van der Waals surface area contributed by atoms with Gasteiger partial charge in [-0.05, 0) is 98.4 Å². The molecular formula is C47H48Cl2N4O3S2. The number of ketones is 1.